The van der Waals surface area contributed by atoms with E-state index in [-0.39, 0.29) is 23.4 Å². The van der Waals surface area contributed by atoms with Gasteiger partial charge in [0.25, 0.3) is 0 Å². The maximum Gasteiger partial charge on any atom is 0.0954 e. The fourth-order valence-corrected chi connectivity index (χ4v) is 1.37. The molecule has 4 nitrogen and oxygen atoms in total. The van der Waals surface area contributed by atoms with E-state index < -0.39 is 0 Å². The van der Waals surface area contributed by atoms with E-state index in [4.69, 9.17) is 19.6 Å². The minimum absolute atomic E-state index is 0.0358. The largest absolute Gasteiger partial charge is 0.233 e. The Balaban J connectivity index is 4.08. The minimum atomic E-state index is -0.287. The molecule has 0 radical (unpaired) electrons. The average molecular weight is 290 g/mol. The summed E-state index contributed by atoms with van der Waals surface area (Å²) >= 11 is 0. The van der Waals surface area contributed by atoms with Gasteiger partial charge in [-0.1, -0.05) is 13.8 Å². The van der Waals surface area contributed by atoms with Crippen LogP contribution in [0.2, 0.25) is 0 Å². The first-order valence-corrected chi connectivity index (χ1v) is 7.59. The van der Waals surface area contributed by atoms with Gasteiger partial charge >= 0.3 is 0 Å². The summed E-state index contributed by atoms with van der Waals surface area (Å²) in [7, 11) is 0. The highest BCUT2D eigenvalue weighted by Gasteiger charge is 2.21. The summed E-state index contributed by atoms with van der Waals surface area (Å²) in [5.41, 5.74) is -0.567. The molecule has 0 spiro atoms. The summed E-state index contributed by atoms with van der Waals surface area (Å²) in [4.78, 5) is 21.7. The summed E-state index contributed by atoms with van der Waals surface area (Å²) in [5, 5.41) is 0. The highest BCUT2D eigenvalue weighted by Crippen LogP contribution is 2.20. The van der Waals surface area contributed by atoms with Crippen molar-refractivity contribution < 1.29 is 19.6 Å². The second-order valence-electron chi connectivity index (χ2n) is 7.75. The lowest BCUT2D eigenvalue weighted by atomic mass is 10.0. The third-order valence-electron chi connectivity index (χ3n) is 2.49. The van der Waals surface area contributed by atoms with Gasteiger partial charge in [0.2, 0.25) is 0 Å². The van der Waals surface area contributed by atoms with Crippen LogP contribution >= 0.6 is 0 Å². The van der Waals surface area contributed by atoms with Crippen LogP contribution in [-0.2, 0) is 19.6 Å². The Labute approximate surface area is 125 Å². The predicted octanol–water partition coefficient (Wildman–Crippen LogP) is 4.67. The first-order valence-electron chi connectivity index (χ1n) is 7.59. The van der Waals surface area contributed by atoms with E-state index in [9.17, 15) is 0 Å². The molecule has 0 aliphatic carbocycles. The van der Waals surface area contributed by atoms with Crippen molar-refractivity contribution in [2.24, 2.45) is 5.92 Å². The van der Waals surface area contributed by atoms with Gasteiger partial charge in [0.15, 0.2) is 0 Å². The second kappa shape index (κ2) is 8.32. The molecular formula is C16H34O4. The Kier molecular flexibility index (Phi) is 8.26. The first-order chi connectivity index (χ1) is 8.91. The molecule has 0 aromatic heterocycles. The smallest absolute Gasteiger partial charge is 0.0954 e. The van der Waals surface area contributed by atoms with Crippen LogP contribution in [0.5, 0.6) is 0 Å². The third-order valence-corrected chi connectivity index (χ3v) is 2.49. The lowest BCUT2D eigenvalue weighted by Gasteiger charge is -2.27. The van der Waals surface area contributed by atoms with Crippen molar-refractivity contribution in [3.63, 3.8) is 0 Å². The monoisotopic (exact) mass is 290 g/mol. The van der Waals surface area contributed by atoms with Gasteiger partial charge in [-0.05, 0) is 67.2 Å². The molecule has 0 amide bonds. The Bertz CT molecular complexity index is 250. The van der Waals surface area contributed by atoms with Crippen molar-refractivity contribution in [1.82, 2.24) is 0 Å². The van der Waals surface area contributed by atoms with Crippen molar-refractivity contribution in [2.75, 3.05) is 0 Å². The highest BCUT2D eigenvalue weighted by atomic mass is 17.2. The average Bonchev–Trinajstić information content (AvgIpc) is 2.23. The van der Waals surface area contributed by atoms with E-state index in [0.717, 1.165) is 12.8 Å². The summed E-state index contributed by atoms with van der Waals surface area (Å²) in [6.45, 7) is 18.1. The van der Waals surface area contributed by atoms with Gasteiger partial charge in [-0.3, -0.25) is 0 Å². The maximum atomic E-state index is 5.57. The SMILES string of the molecule is CC(CCC(OOC(C)(C)C)C(C)C)OOC(C)(C)C. The van der Waals surface area contributed by atoms with E-state index in [2.05, 4.69) is 13.8 Å². The predicted molar refractivity (Wildman–Crippen MR) is 81.2 cm³/mol. The van der Waals surface area contributed by atoms with Gasteiger partial charge in [0.1, 0.15) is 0 Å². The third kappa shape index (κ3) is 11.6. The van der Waals surface area contributed by atoms with Crippen molar-refractivity contribution in [3.8, 4) is 0 Å². The Morgan fingerprint density at radius 3 is 1.55 bits per heavy atom. The molecule has 2 unspecified atom stereocenters. The van der Waals surface area contributed by atoms with E-state index in [1.165, 1.54) is 0 Å². The van der Waals surface area contributed by atoms with Crippen LogP contribution in [0.15, 0.2) is 0 Å². The Morgan fingerprint density at radius 1 is 0.700 bits per heavy atom. The van der Waals surface area contributed by atoms with E-state index in [1.807, 2.05) is 48.5 Å². The molecular weight excluding hydrogens is 256 g/mol. The number of hydrogen-bond donors (Lipinski definition) is 0. The van der Waals surface area contributed by atoms with Crippen molar-refractivity contribution in [2.45, 2.75) is 98.6 Å². The molecule has 0 saturated carbocycles. The zero-order valence-corrected chi connectivity index (χ0v) is 14.8. The van der Waals surface area contributed by atoms with Crippen LogP contribution in [0.1, 0.15) is 75.2 Å². The van der Waals surface area contributed by atoms with Crippen molar-refractivity contribution in [3.05, 3.63) is 0 Å². The second-order valence-corrected chi connectivity index (χ2v) is 7.75. The topological polar surface area (TPSA) is 36.9 Å². The molecule has 0 rings (SSSR count). The molecule has 0 aliphatic rings. The van der Waals surface area contributed by atoms with Crippen LogP contribution in [0.3, 0.4) is 0 Å². The lowest BCUT2D eigenvalue weighted by Crippen LogP contribution is -2.29. The van der Waals surface area contributed by atoms with Crippen molar-refractivity contribution in [1.29, 1.82) is 0 Å². The van der Waals surface area contributed by atoms with Crippen LogP contribution in [0, 0.1) is 5.92 Å². The summed E-state index contributed by atoms with van der Waals surface area (Å²) in [5.74, 6) is 0.396. The molecule has 0 aromatic carbocycles. The van der Waals surface area contributed by atoms with Gasteiger partial charge < -0.3 is 0 Å². The fraction of sp³-hybridized carbons (Fsp3) is 1.00. The van der Waals surface area contributed by atoms with Crippen molar-refractivity contribution >= 4 is 0 Å². The van der Waals surface area contributed by atoms with Crippen LogP contribution < -0.4 is 0 Å². The molecule has 0 heterocycles. The Morgan fingerprint density at radius 2 is 1.15 bits per heavy atom. The molecule has 2 atom stereocenters. The summed E-state index contributed by atoms with van der Waals surface area (Å²) < 4.78 is 0. The first kappa shape index (κ1) is 19.8. The number of rotatable bonds is 8. The van der Waals surface area contributed by atoms with Gasteiger partial charge in [-0.2, -0.15) is 0 Å². The normalized spacial score (nSPS) is 16.5. The van der Waals surface area contributed by atoms with E-state index in [1.54, 1.807) is 0 Å². The Hall–Kier alpha value is -0.160. The zero-order chi connectivity index (χ0) is 16.0. The molecule has 0 N–H and O–H groups in total. The molecule has 0 fully saturated rings. The van der Waals surface area contributed by atoms with Crippen LogP contribution in [-0.4, -0.2) is 23.4 Å². The van der Waals surface area contributed by atoms with Gasteiger partial charge in [0.05, 0.1) is 23.4 Å². The molecule has 20 heavy (non-hydrogen) atoms. The van der Waals surface area contributed by atoms with E-state index in [0.29, 0.717) is 5.92 Å². The minimum Gasteiger partial charge on any atom is -0.233 e. The van der Waals surface area contributed by atoms with E-state index >= 15 is 0 Å². The molecule has 0 saturated heterocycles. The molecule has 0 aromatic rings. The standard InChI is InChI=1S/C16H34O4/c1-12(2)14(18-20-16(7,8)9)11-10-13(3)17-19-15(4,5)6/h12-14H,10-11H2,1-9H3. The van der Waals surface area contributed by atoms with Crippen LogP contribution in [0.4, 0.5) is 0 Å². The molecule has 122 valence electrons. The van der Waals surface area contributed by atoms with Gasteiger partial charge in [-0.15, -0.1) is 0 Å². The molecule has 0 bridgehead atoms. The fourth-order valence-electron chi connectivity index (χ4n) is 1.37. The van der Waals surface area contributed by atoms with Crippen LogP contribution in [0.25, 0.3) is 0 Å². The molecule has 4 heteroatoms. The quantitative estimate of drug-likeness (QED) is 0.481. The molecule has 0 aliphatic heterocycles. The lowest BCUT2D eigenvalue weighted by molar-refractivity contribution is -0.385. The van der Waals surface area contributed by atoms with Gasteiger partial charge in [0, 0.05) is 0 Å². The summed E-state index contributed by atoms with van der Waals surface area (Å²) in [6, 6.07) is 0. The van der Waals surface area contributed by atoms with Gasteiger partial charge in [-0.25, -0.2) is 19.6 Å². The maximum absolute atomic E-state index is 5.57. The zero-order valence-electron chi connectivity index (χ0n) is 14.8. The summed E-state index contributed by atoms with van der Waals surface area (Å²) in [6.07, 6.45) is 1.85. The highest BCUT2D eigenvalue weighted by molar-refractivity contribution is 4.65. The number of hydrogen-bond acceptors (Lipinski definition) is 4.